The molecule has 1 fully saturated rings. The number of hydrogen-bond donors (Lipinski definition) is 2. The molecule has 0 spiro atoms. The number of aryl methyl sites for hydroxylation is 1. The molecule has 0 atom stereocenters. The first-order chi connectivity index (χ1) is 9.62. The van der Waals surface area contributed by atoms with E-state index in [-0.39, 0.29) is 34.9 Å². The van der Waals surface area contributed by atoms with E-state index in [9.17, 15) is 21.6 Å². The van der Waals surface area contributed by atoms with Gasteiger partial charge < -0.3 is 5.11 Å². The van der Waals surface area contributed by atoms with E-state index in [2.05, 4.69) is 4.72 Å². The summed E-state index contributed by atoms with van der Waals surface area (Å²) in [5.41, 5.74) is 0.602. The first-order valence-electron chi connectivity index (χ1n) is 6.16. The fourth-order valence-corrected chi connectivity index (χ4v) is 6.40. The van der Waals surface area contributed by atoms with Crippen LogP contribution in [-0.4, -0.2) is 44.7 Å². The maximum Gasteiger partial charge on any atom is 0.348 e. The predicted octanol–water partition coefficient (Wildman–Crippen LogP) is 1.07. The number of nitrogens with one attached hydrogen (secondary N) is 1. The number of hydrogen-bond acceptors (Lipinski definition) is 6. The largest absolute Gasteiger partial charge is 0.477 e. The molecule has 10 heteroatoms. The summed E-state index contributed by atoms with van der Waals surface area (Å²) in [5.74, 6) is -1.52. The maximum absolute atomic E-state index is 12.3. The van der Waals surface area contributed by atoms with Crippen LogP contribution in [0.3, 0.4) is 0 Å². The van der Waals surface area contributed by atoms with Crippen LogP contribution in [0.1, 0.15) is 28.1 Å². The Morgan fingerprint density at radius 1 is 1.38 bits per heavy atom. The van der Waals surface area contributed by atoms with Gasteiger partial charge in [-0.05, 0) is 30.7 Å². The van der Waals surface area contributed by atoms with Gasteiger partial charge in [0.05, 0.1) is 22.4 Å². The van der Waals surface area contributed by atoms with E-state index in [1.807, 2.05) is 0 Å². The van der Waals surface area contributed by atoms with Crippen molar-refractivity contribution in [3.8, 4) is 0 Å². The van der Waals surface area contributed by atoms with Crippen molar-refractivity contribution in [2.24, 2.45) is 0 Å². The molecule has 0 saturated carbocycles. The first kappa shape index (κ1) is 16.2. The highest BCUT2D eigenvalue weighted by Gasteiger charge is 2.34. The van der Waals surface area contributed by atoms with E-state index in [0.29, 0.717) is 5.56 Å². The van der Waals surface area contributed by atoms with Gasteiger partial charge in [0.2, 0.25) is 10.0 Å². The quantitative estimate of drug-likeness (QED) is 0.836. The topological polar surface area (TPSA) is 118 Å². The average molecular weight is 353 g/mol. The predicted molar refractivity (Wildman–Crippen MR) is 80.2 cm³/mol. The Balaban J connectivity index is 2.23. The third-order valence-electron chi connectivity index (χ3n) is 3.35. The van der Waals surface area contributed by atoms with Crippen molar-refractivity contribution >= 4 is 42.9 Å². The molecule has 7 nitrogen and oxygen atoms in total. The monoisotopic (exact) mass is 353 g/mol. The summed E-state index contributed by atoms with van der Waals surface area (Å²) in [6.45, 7) is 1.62. The summed E-state index contributed by atoms with van der Waals surface area (Å²) >= 11 is 0.949. The molecular weight excluding hydrogens is 338 g/mol. The summed E-state index contributed by atoms with van der Waals surface area (Å²) in [6, 6.07) is 0. The van der Waals surface area contributed by atoms with Crippen molar-refractivity contribution in [1.29, 1.82) is 0 Å². The molecule has 1 saturated heterocycles. The molecule has 0 amide bonds. The standard InChI is InChI=1S/C11H15NO6S3/c1-7-6-19-10(11(13)14)9(7)12-21(17,18)8-2-4-20(15,16)5-3-8/h6,8,12H,2-5H2,1H3,(H,13,14). The van der Waals surface area contributed by atoms with Gasteiger partial charge in [-0.25, -0.2) is 21.6 Å². The number of anilines is 1. The SMILES string of the molecule is Cc1csc(C(=O)O)c1NS(=O)(=O)C1CCS(=O)(=O)CC1. The molecule has 118 valence electrons. The van der Waals surface area contributed by atoms with Crippen LogP contribution < -0.4 is 4.72 Å². The number of sulfone groups is 1. The van der Waals surface area contributed by atoms with Crippen molar-refractivity contribution in [2.45, 2.75) is 25.0 Å². The molecule has 2 N–H and O–H groups in total. The van der Waals surface area contributed by atoms with Crippen LogP contribution in [0, 0.1) is 6.92 Å². The maximum atomic E-state index is 12.3. The minimum atomic E-state index is -3.81. The lowest BCUT2D eigenvalue weighted by Crippen LogP contribution is -2.36. The molecular formula is C11H15NO6S3. The smallest absolute Gasteiger partial charge is 0.348 e. The van der Waals surface area contributed by atoms with Crippen molar-refractivity contribution in [2.75, 3.05) is 16.2 Å². The van der Waals surface area contributed by atoms with Crippen LogP contribution in [0.2, 0.25) is 0 Å². The van der Waals surface area contributed by atoms with Crippen LogP contribution in [0.15, 0.2) is 5.38 Å². The Morgan fingerprint density at radius 2 is 1.95 bits per heavy atom. The van der Waals surface area contributed by atoms with Gasteiger partial charge in [0.15, 0.2) is 0 Å². The van der Waals surface area contributed by atoms with Gasteiger partial charge in [0.1, 0.15) is 14.7 Å². The molecule has 0 aromatic carbocycles. The highest BCUT2D eigenvalue weighted by atomic mass is 32.2. The van der Waals surface area contributed by atoms with Crippen molar-refractivity contribution < 1.29 is 26.7 Å². The summed E-state index contributed by atoms with van der Waals surface area (Å²) in [5, 5.41) is 9.80. The molecule has 0 aliphatic carbocycles. The first-order valence-corrected chi connectivity index (χ1v) is 10.4. The molecule has 2 rings (SSSR count). The Morgan fingerprint density at radius 3 is 2.48 bits per heavy atom. The molecule has 1 aliphatic heterocycles. The number of carboxylic acid groups (broad SMARTS) is 1. The van der Waals surface area contributed by atoms with E-state index in [4.69, 9.17) is 5.11 Å². The third-order valence-corrected chi connectivity index (χ3v) is 7.99. The fourth-order valence-electron chi connectivity index (χ4n) is 2.13. The van der Waals surface area contributed by atoms with Gasteiger partial charge in [0.25, 0.3) is 0 Å². The van der Waals surface area contributed by atoms with Gasteiger partial charge in [-0.15, -0.1) is 11.3 Å². The molecule has 1 aromatic heterocycles. The number of thiophene rings is 1. The fraction of sp³-hybridized carbons (Fsp3) is 0.545. The lowest BCUT2D eigenvalue weighted by atomic mass is 10.2. The molecule has 0 unspecified atom stereocenters. The van der Waals surface area contributed by atoms with Crippen LogP contribution in [0.25, 0.3) is 0 Å². The molecule has 21 heavy (non-hydrogen) atoms. The van der Waals surface area contributed by atoms with Gasteiger partial charge >= 0.3 is 5.97 Å². The van der Waals surface area contributed by atoms with Crippen molar-refractivity contribution in [3.63, 3.8) is 0 Å². The Bertz CT molecular complexity index is 748. The number of aromatic carboxylic acids is 1. The van der Waals surface area contributed by atoms with E-state index < -0.39 is 31.1 Å². The zero-order valence-corrected chi connectivity index (χ0v) is 13.6. The Hall–Kier alpha value is -1.13. The van der Waals surface area contributed by atoms with Crippen molar-refractivity contribution in [3.05, 3.63) is 15.8 Å². The minimum Gasteiger partial charge on any atom is -0.477 e. The number of carbonyl (C=O) groups is 1. The van der Waals surface area contributed by atoms with Gasteiger partial charge in [-0.2, -0.15) is 0 Å². The van der Waals surface area contributed by atoms with Crippen LogP contribution in [-0.2, 0) is 19.9 Å². The molecule has 2 heterocycles. The third kappa shape index (κ3) is 3.55. The number of carboxylic acids is 1. The highest BCUT2D eigenvalue weighted by molar-refractivity contribution is 7.94. The second-order valence-electron chi connectivity index (χ2n) is 4.93. The zero-order valence-electron chi connectivity index (χ0n) is 11.2. The van der Waals surface area contributed by atoms with E-state index >= 15 is 0 Å². The molecule has 1 aliphatic rings. The van der Waals surface area contributed by atoms with Gasteiger partial charge in [-0.3, -0.25) is 4.72 Å². The summed E-state index contributed by atoms with van der Waals surface area (Å²) in [7, 11) is -6.96. The lowest BCUT2D eigenvalue weighted by molar-refractivity contribution is 0.0703. The van der Waals surface area contributed by atoms with E-state index in [0.717, 1.165) is 11.3 Å². The van der Waals surface area contributed by atoms with E-state index in [1.165, 1.54) is 0 Å². The van der Waals surface area contributed by atoms with Gasteiger partial charge in [-0.1, -0.05) is 0 Å². The van der Waals surface area contributed by atoms with Crippen LogP contribution in [0.4, 0.5) is 5.69 Å². The Labute approximate surface area is 127 Å². The number of sulfonamides is 1. The molecule has 1 aromatic rings. The van der Waals surface area contributed by atoms with Gasteiger partial charge in [0, 0.05) is 0 Å². The second kappa shape index (κ2) is 5.58. The summed E-state index contributed by atoms with van der Waals surface area (Å²) in [6.07, 6.45) is 0.0620. The van der Waals surface area contributed by atoms with Crippen LogP contribution >= 0.6 is 11.3 Å². The summed E-state index contributed by atoms with van der Waals surface area (Å²) in [4.78, 5) is 11.0. The highest BCUT2D eigenvalue weighted by Crippen LogP contribution is 2.30. The average Bonchev–Trinajstić information content (AvgIpc) is 2.70. The second-order valence-corrected chi connectivity index (χ2v) is 10.1. The van der Waals surface area contributed by atoms with Crippen LogP contribution in [0.5, 0.6) is 0 Å². The van der Waals surface area contributed by atoms with E-state index in [1.54, 1.807) is 12.3 Å². The zero-order chi connectivity index (χ0) is 15.8. The number of rotatable bonds is 4. The molecule has 0 bridgehead atoms. The molecule has 0 radical (unpaired) electrons. The Kier molecular flexibility index (Phi) is 4.31. The normalized spacial score (nSPS) is 19.3. The lowest BCUT2D eigenvalue weighted by Gasteiger charge is -2.22. The summed E-state index contributed by atoms with van der Waals surface area (Å²) < 4.78 is 49.6. The minimum absolute atomic E-state index is 0.0310. The van der Waals surface area contributed by atoms with Crippen molar-refractivity contribution in [1.82, 2.24) is 0 Å².